The third kappa shape index (κ3) is 3.80. The number of imidazole rings is 2. The van der Waals surface area contributed by atoms with Gasteiger partial charge in [0.15, 0.2) is 0 Å². The average molecular weight is 444 g/mol. The molecule has 0 aliphatic carbocycles. The number of methoxy groups -OCH3 is 2. The molecule has 3 heterocycles. The molecule has 0 bridgehead atoms. The Bertz CT molecular complexity index is 1330. The Kier molecular flexibility index (Phi) is 5.51. The van der Waals surface area contributed by atoms with Gasteiger partial charge in [-0.15, -0.1) is 11.8 Å². The van der Waals surface area contributed by atoms with E-state index in [-0.39, 0.29) is 0 Å². The molecule has 0 radical (unpaired) electrons. The third-order valence-corrected chi connectivity index (χ3v) is 6.27. The summed E-state index contributed by atoms with van der Waals surface area (Å²) in [6.45, 7) is 0. The maximum atomic E-state index is 5.51. The van der Waals surface area contributed by atoms with E-state index >= 15 is 0 Å². The van der Waals surface area contributed by atoms with Crippen molar-refractivity contribution in [3.8, 4) is 28.3 Å². The van der Waals surface area contributed by atoms with E-state index in [1.807, 2.05) is 41.1 Å². The van der Waals surface area contributed by atoms with Crippen LogP contribution in [0, 0.1) is 0 Å². The predicted molar refractivity (Wildman–Crippen MR) is 126 cm³/mol. The van der Waals surface area contributed by atoms with Crippen LogP contribution < -0.4 is 9.47 Å². The average Bonchev–Trinajstić information content (AvgIpc) is 3.51. The molecule has 3 aromatic heterocycles. The van der Waals surface area contributed by atoms with Crippen molar-refractivity contribution in [1.29, 1.82) is 0 Å². The Morgan fingerprint density at radius 3 is 2.44 bits per heavy atom. The SMILES string of the molecule is COc1cccc(OC)c1SCc1nc2cc(-n3ccnc3)c(-c3ccncc3)cc2[nH]1. The van der Waals surface area contributed by atoms with Crippen molar-refractivity contribution >= 4 is 22.8 Å². The maximum absolute atomic E-state index is 5.51. The van der Waals surface area contributed by atoms with Crippen molar-refractivity contribution in [1.82, 2.24) is 24.5 Å². The number of nitrogens with zero attached hydrogens (tertiary/aromatic N) is 4. The Morgan fingerprint density at radius 1 is 0.969 bits per heavy atom. The Balaban J connectivity index is 1.52. The fourth-order valence-electron chi connectivity index (χ4n) is 3.64. The van der Waals surface area contributed by atoms with Gasteiger partial charge in [0.2, 0.25) is 0 Å². The third-order valence-electron chi connectivity index (χ3n) is 5.16. The molecular weight excluding hydrogens is 422 g/mol. The van der Waals surface area contributed by atoms with Gasteiger partial charge >= 0.3 is 0 Å². The Labute approximate surface area is 189 Å². The van der Waals surface area contributed by atoms with Gasteiger partial charge in [0, 0.05) is 30.4 Å². The number of benzene rings is 2. The number of hydrogen-bond acceptors (Lipinski definition) is 6. The summed E-state index contributed by atoms with van der Waals surface area (Å²) < 4.78 is 13.0. The van der Waals surface area contributed by atoms with Gasteiger partial charge in [-0.1, -0.05) is 6.07 Å². The molecule has 1 N–H and O–H groups in total. The first-order valence-electron chi connectivity index (χ1n) is 10.0. The van der Waals surface area contributed by atoms with E-state index in [0.29, 0.717) is 5.75 Å². The molecule has 0 aliphatic heterocycles. The van der Waals surface area contributed by atoms with Gasteiger partial charge in [-0.05, 0) is 42.0 Å². The van der Waals surface area contributed by atoms with Gasteiger partial charge in [0.25, 0.3) is 0 Å². The topological polar surface area (TPSA) is 77.8 Å². The summed E-state index contributed by atoms with van der Waals surface area (Å²) in [5, 5.41) is 0. The first-order chi connectivity index (χ1) is 15.8. The first kappa shape index (κ1) is 20.1. The highest BCUT2D eigenvalue weighted by atomic mass is 32.2. The van der Waals surface area contributed by atoms with Gasteiger partial charge < -0.3 is 19.0 Å². The van der Waals surface area contributed by atoms with E-state index in [0.717, 1.165) is 50.1 Å². The molecule has 0 saturated carbocycles. The number of nitrogens with one attached hydrogen (secondary N) is 1. The van der Waals surface area contributed by atoms with Crippen LogP contribution in [-0.2, 0) is 5.75 Å². The van der Waals surface area contributed by atoms with E-state index in [1.165, 1.54) is 0 Å². The molecule has 32 heavy (non-hydrogen) atoms. The van der Waals surface area contributed by atoms with Crippen molar-refractivity contribution in [3.05, 3.63) is 79.4 Å². The molecule has 5 rings (SSSR count). The van der Waals surface area contributed by atoms with Crippen LogP contribution in [0.15, 0.2) is 78.5 Å². The van der Waals surface area contributed by atoms with E-state index in [9.17, 15) is 0 Å². The highest BCUT2D eigenvalue weighted by Gasteiger charge is 2.15. The normalized spacial score (nSPS) is 11.1. The number of aromatic amines is 1. The second-order valence-corrected chi connectivity index (χ2v) is 8.04. The molecule has 5 aromatic rings. The summed E-state index contributed by atoms with van der Waals surface area (Å²) in [5.41, 5.74) is 5.04. The van der Waals surface area contributed by atoms with Crippen molar-refractivity contribution in [3.63, 3.8) is 0 Å². The van der Waals surface area contributed by atoms with E-state index in [1.54, 1.807) is 50.9 Å². The minimum Gasteiger partial charge on any atom is -0.495 e. The number of ether oxygens (including phenoxy) is 2. The quantitative estimate of drug-likeness (QED) is 0.352. The van der Waals surface area contributed by atoms with Crippen LogP contribution in [0.5, 0.6) is 11.5 Å². The lowest BCUT2D eigenvalue weighted by Crippen LogP contribution is -1.94. The maximum Gasteiger partial charge on any atom is 0.136 e. The standard InChI is InChI=1S/C24H21N5O2S/c1-30-21-4-3-5-22(31-2)24(21)32-14-23-27-18-12-17(16-6-8-25-9-7-16)20(13-19(18)28-23)29-11-10-26-15-29/h3-13,15H,14H2,1-2H3,(H,27,28). The summed E-state index contributed by atoms with van der Waals surface area (Å²) in [7, 11) is 3.33. The molecule has 0 saturated heterocycles. The molecule has 0 aliphatic rings. The second kappa shape index (κ2) is 8.76. The van der Waals surface area contributed by atoms with Gasteiger partial charge in [-0.2, -0.15) is 0 Å². The molecule has 160 valence electrons. The monoisotopic (exact) mass is 443 g/mol. The summed E-state index contributed by atoms with van der Waals surface area (Å²) in [5.74, 6) is 3.10. The molecule has 0 amide bonds. The molecule has 2 aromatic carbocycles. The molecule has 0 fully saturated rings. The molecule has 0 atom stereocenters. The van der Waals surface area contributed by atoms with Crippen LogP contribution in [0.3, 0.4) is 0 Å². The van der Waals surface area contributed by atoms with Crippen molar-refractivity contribution in [2.75, 3.05) is 14.2 Å². The fourth-order valence-corrected chi connectivity index (χ4v) is 4.65. The molecule has 7 nitrogen and oxygen atoms in total. The molecule has 8 heteroatoms. The van der Waals surface area contributed by atoms with E-state index in [2.05, 4.69) is 27.1 Å². The van der Waals surface area contributed by atoms with Crippen LogP contribution in [-0.4, -0.2) is 38.7 Å². The lowest BCUT2D eigenvalue weighted by atomic mass is 10.0. The van der Waals surface area contributed by atoms with Crippen molar-refractivity contribution < 1.29 is 9.47 Å². The van der Waals surface area contributed by atoms with Gasteiger partial charge in [-0.3, -0.25) is 4.98 Å². The predicted octanol–water partition coefficient (Wildman–Crippen LogP) is 5.12. The van der Waals surface area contributed by atoms with Crippen molar-refractivity contribution in [2.24, 2.45) is 0 Å². The van der Waals surface area contributed by atoms with Crippen LogP contribution in [0.4, 0.5) is 0 Å². The van der Waals surface area contributed by atoms with E-state index < -0.39 is 0 Å². The van der Waals surface area contributed by atoms with Gasteiger partial charge in [0.1, 0.15) is 17.3 Å². The van der Waals surface area contributed by atoms with Crippen LogP contribution in [0.1, 0.15) is 5.82 Å². The molecular formula is C24H21N5O2S. The number of pyridine rings is 1. The second-order valence-electron chi connectivity index (χ2n) is 7.06. The number of aromatic nitrogens is 5. The van der Waals surface area contributed by atoms with Gasteiger partial charge in [0.05, 0.1) is 47.9 Å². The largest absolute Gasteiger partial charge is 0.495 e. The summed E-state index contributed by atoms with van der Waals surface area (Å²) in [4.78, 5) is 17.6. The highest BCUT2D eigenvalue weighted by molar-refractivity contribution is 7.98. The highest BCUT2D eigenvalue weighted by Crippen LogP contribution is 2.39. The zero-order valence-electron chi connectivity index (χ0n) is 17.6. The minimum atomic E-state index is 0.649. The van der Waals surface area contributed by atoms with Crippen LogP contribution >= 0.6 is 11.8 Å². The number of hydrogen-bond donors (Lipinski definition) is 1. The van der Waals surface area contributed by atoms with E-state index in [4.69, 9.17) is 14.5 Å². The number of rotatable bonds is 7. The zero-order valence-corrected chi connectivity index (χ0v) is 18.5. The Hall–Kier alpha value is -3.78. The lowest BCUT2D eigenvalue weighted by molar-refractivity contribution is 0.376. The van der Waals surface area contributed by atoms with Crippen LogP contribution in [0.2, 0.25) is 0 Å². The van der Waals surface area contributed by atoms with Crippen molar-refractivity contribution in [2.45, 2.75) is 10.6 Å². The summed E-state index contributed by atoms with van der Waals surface area (Å²) in [6, 6.07) is 14.0. The molecule has 0 unspecified atom stereocenters. The summed E-state index contributed by atoms with van der Waals surface area (Å²) in [6.07, 6.45) is 9.10. The minimum absolute atomic E-state index is 0.649. The first-order valence-corrected chi connectivity index (χ1v) is 11.0. The molecule has 0 spiro atoms. The fraction of sp³-hybridized carbons (Fsp3) is 0.125. The number of H-pyrrole nitrogens is 1. The van der Waals surface area contributed by atoms with Crippen LogP contribution in [0.25, 0.3) is 27.8 Å². The Morgan fingerprint density at radius 2 is 1.75 bits per heavy atom. The smallest absolute Gasteiger partial charge is 0.136 e. The number of thioether (sulfide) groups is 1. The number of fused-ring (bicyclic) bond motifs is 1. The lowest BCUT2D eigenvalue weighted by Gasteiger charge is -2.11. The zero-order chi connectivity index (χ0) is 21.9. The van der Waals surface area contributed by atoms with Gasteiger partial charge in [-0.25, -0.2) is 9.97 Å². The summed E-state index contributed by atoms with van der Waals surface area (Å²) >= 11 is 1.63.